The Kier molecular flexibility index (Phi) is 6.31. The number of amides is 1. The summed E-state index contributed by atoms with van der Waals surface area (Å²) < 4.78 is 5.03. The molecule has 0 heterocycles. The fourth-order valence-corrected chi connectivity index (χ4v) is 2.05. The van der Waals surface area contributed by atoms with Crippen molar-refractivity contribution in [2.45, 2.75) is 0 Å². The molecule has 0 aliphatic heterocycles. The molecule has 0 atom stereocenters. The van der Waals surface area contributed by atoms with Gasteiger partial charge in [0.25, 0.3) is 11.6 Å². The highest BCUT2D eigenvalue weighted by atomic mass is 16.6. The minimum atomic E-state index is -1.02. The molecule has 0 aromatic heterocycles. The highest BCUT2D eigenvalue weighted by molar-refractivity contribution is 5.88. The first-order chi connectivity index (χ1) is 13.7. The van der Waals surface area contributed by atoms with Crippen molar-refractivity contribution < 1.29 is 29.4 Å². The fraction of sp³-hybridized carbons (Fsp3) is 0.0667. The average Bonchev–Trinajstić information content (AvgIpc) is 2.67. The third-order valence-electron chi connectivity index (χ3n) is 3.33. The number of carbonyl (C=O) groups is 1. The van der Waals surface area contributed by atoms with E-state index < -0.39 is 44.4 Å². The third-order valence-corrected chi connectivity index (χ3v) is 3.33. The van der Waals surface area contributed by atoms with Crippen LogP contribution in [0, 0.1) is 30.3 Å². The van der Waals surface area contributed by atoms with E-state index in [1.54, 1.807) is 0 Å². The van der Waals surface area contributed by atoms with Gasteiger partial charge in [-0.1, -0.05) is 12.1 Å². The number of phenolic OH excluding ortho intramolecular Hbond substituents is 1. The highest BCUT2D eigenvalue weighted by Gasteiger charge is 2.23. The number of phenols is 1. The second-order valence-electron chi connectivity index (χ2n) is 5.22. The Hall–Kier alpha value is -4.62. The lowest BCUT2D eigenvalue weighted by Gasteiger charge is -2.05. The van der Waals surface area contributed by atoms with Crippen molar-refractivity contribution in [3.8, 4) is 11.5 Å². The van der Waals surface area contributed by atoms with Gasteiger partial charge in [-0.15, -0.1) is 0 Å². The second kappa shape index (κ2) is 8.85. The van der Waals surface area contributed by atoms with Crippen LogP contribution in [0.25, 0.3) is 0 Å². The Morgan fingerprint density at radius 2 is 1.72 bits per heavy atom. The molecule has 0 radical (unpaired) electrons. The number of nitro benzene ring substituents is 3. The highest BCUT2D eigenvalue weighted by Crippen LogP contribution is 2.33. The van der Waals surface area contributed by atoms with Crippen LogP contribution >= 0.6 is 0 Å². The number of para-hydroxylation sites is 2. The SMILES string of the molecule is O=C(COc1ccccc1[N+](=O)[O-])N/N=C\c1cc([N+](=O)[O-])cc([N+](=O)[O-])c1O. The van der Waals surface area contributed by atoms with E-state index in [9.17, 15) is 40.2 Å². The summed E-state index contributed by atoms with van der Waals surface area (Å²) in [5.74, 6) is -1.88. The number of hydrazone groups is 1. The van der Waals surface area contributed by atoms with Crippen molar-refractivity contribution in [1.29, 1.82) is 0 Å². The van der Waals surface area contributed by atoms with Crippen LogP contribution in [0.2, 0.25) is 0 Å². The van der Waals surface area contributed by atoms with E-state index in [0.717, 1.165) is 12.3 Å². The Morgan fingerprint density at radius 3 is 2.34 bits per heavy atom. The van der Waals surface area contributed by atoms with Crippen LogP contribution in [0.4, 0.5) is 17.1 Å². The van der Waals surface area contributed by atoms with Crippen molar-refractivity contribution in [1.82, 2.24) is 5.43 Å². The largest absolute Gasteiger partial charge is 0.502 e. The Bertz CT molecular complexity index is 1020. The van der Waals surface area contributed by atoms with Gasteiger partial charge in [-0.25, -0.2) is 5.43 Å². The zero-order chi connectivity index (χ0) is 21.6. The summed E-state index contributed by atoms with van der Waals surface area (Å²) in [6, 6.07) is 6.75. The maximum atomic E-state index is 11.7. The minimum absolute atomic E-state index is 0.149. The van der Waals surface area contributed by atoms with Crippen LogP contribution in [0.5, 0.6) is 11.5 Å². The lowest BCUT2D eigenvalue weighted by atomic mass is 10.1. The summed E-state index contributed by atoms with van der Waals surface area (Å²) in [5, 5.41) is 45.8. The number of carbonyl (C=O) groups excluding carboxylic acids is 1. The smallest absolute Gasteiger partial charge is 0.318 e. The molecular weight excluding hydrogens is 394 g/mol. The molecule has 2 rings (SSSR count). The zero-order valence-electron chi connectivity index (χ0n) is 14.3. The van der Waals surface area contributed by atoms with Crippen LogP contribution in [-0.4, -0.2) is 38.6 Å². The number of non-ortho nitro benzene ring substituents is 1. The molecule has 0 fully saturated rings. The molecule has 0 aliphatic carbocycles. The van der Waals surface area contributed by atoms with Crippen molar-refractivity contribution in [2.24, 2.45) is 5.10 Å². The van der Waals surface area contributed by atoms with Gasteiger partial charge < -0.3 is 9.84 Å². The molecule has 14 nitrogen and oxygen atoms in total. The van der Waals surface area contributed by atoms with E-state index in [2.05, 4.69) is 5.10 Å². The van der Waals surface area contributed by atoms with Crippen molar-refractivity contribution in [3.05, 3.63) is 72.3 Å². The molecule has 0 unspecified atom stereocenters. The predicted molar refractivity (Wildman–Crippen MR) is 95.7 cm³/mol. The second-order valence-corrected chi connectivity index (χ2v) is 5.22. The predicted octanol–water partition coefficient (Wildman–Crippen LogP) is 1.65. The topological polar surface area (TPSA) is 200 Å². The first-order valence-electron chi connectivity index (χ1n) is 7.54. The lowest BCUT2D eigenvalue weighted by molar-refractivity contribution is -0.394. The summed E-state index contributed by atoms with van der Waals surface area (Å²) in [7, 11) is 0. The average molecular weight is 405 g/mol. The number of hydrogen-bond acceptors (Lipinski definition) is 10. The van der Waals surface area contributed by atoms with Gasteiger partial charge in [-0.3, -0.25) is 35.1 Å². The zero-order valence-corrected chi connectivity index (χ0v) is 14.3. The molecule has 2 N–H and O–H groups in total. The summed E-state index contributed by atoms with van der Waals surface area (Å²) in [4.78, 5) is 41.7. The Morgan fingerprint density at radius 1 is 1.07 bits per heavy atom. The number of ether oxygens (including phenoxy) is 1. The molecule has 29 heavy (non-hydrogen) atoms. The number of nitrogens with zero attached hydrogens (tertiary/aromatic N) is 4. The molecule has 0 saturated heterocycles. The number of nitrogens with one attached hydrogen (secondary N) is 1. The van der Waals surface area contributed by atoms with Crippen molar-refractivity contribution in [3.63, 3.8) is 0 Å². The van der Waals surface area contributed by atoms with Crippen LogP contribution in [-0.2, 0) is 4.79 Å². The molecule has 0 saturated carbocycles. The van der Waals surface area contributed by atoms with Crippen LogP contribution in [0.15, 0.2) is 41.5 Å². The lowest BCUT2D eigenvalue weighted by Crippen LogP contribution is -2.24. The van der Waals surface area contributed by atoms with Gasteiger partial charge in [0, 0.05) is 12.1 Å². The molecule has 0 aliphatic rings. The quantitative estimate of drug-likeness (QED) is 0.372. The molecule has 2 aromatic carbocycles. The maximum Gasteiger partial charge on any atom is 0.318 e. The number of hydrogen-bond donors (Lipinski definition) is 2. The number of rotatable bonds is 8. The van der Waals surface area contributed by atoms with E-state index >= 15 is 0 Å². The van der Waals surface area contributed by atoms with E-state index in [4.69, 9.17) is 4.74 Å². The Labute approximate surface area is 160 Å². The van der Waals surface area contributed by atoms with Gasteiger partial charge in [0.1, 0.15) is 0 Å². The maximum absolute atomic E-state index is 11.7. The van der Waals surface area contributed by atoms with Gasteiger partial charge in [0.2, 0.25) is 5.75 Å². The Balaban J connectivity index is 2.08. The van der Waals surface area contributed by atoms with Crippen molar-refractivity contribution >= 4 is 29.2 Å². The van der Waals surface area contributed by atoms with Gasteiger partial charge in [0.15, 0.2) is 12.4 Å². The first-order valence-corrected chi connectivity index (χ1v) is 7.54. The van der Waals surface area contributed by atoms with E-state index in [1.807, 2.05) is 5.43 Å². The van der Waals surface area contributed by atoms with Crippen LogP contribution in [0.1, 0.15) is 5.56 Å². The van der Waals surface area contributed by atoms with Crippen LogP contribution < -0.4 is 10.2 Å². The summed E-state index contributed by atoms with van der Waals surface area (Å²) in [6.07, 6.45) is 0.762. The summed E-state index contributed by atoms with van der Waals surface area (Å²) >= 11 is 0. The van der Waals surface area contributed by atoms with Gasteiger partial charge >= 0.3 is 11.4 Å². The molecule has 0 bridgehead atoms. The molecule has 150 valence electrons. The molecule has 1 amide bonds. The fourth-order valence-electron chi connectivity index (χ4n) is 2.05. The molecule has 2 aromatic rings. The van der Waals surface area contributed by atoms with Crippen LogP contribution in [0.3, 0.4) is 0 Å². The van der Waals surface area contributed by atoms with Gasteiger partial charge in [-0.2, -0.15) is 5.10 Å². The van der Waals surface area contributed by atoms with E-state index in [0.29, 0.717) is 6.07 Å². The van der Waals surface area contributed by atoms with Gasteiger partial charge in [0.05, 0.1) is 32.6 Å². The summed E-state index contributed by atoms with van der Waals surface area (Å²) in [5.41, 5.74) is -0.349. The number of nitro groups is 3. The normalized spacial score (nSPS) is 10.5. The molecular formula is C15H11N5O9. The van der Waals surface area contributed by atoms with Gasteiger partial charge in [-0.05, 0) is 6.07 Å². The molecule has 0 spiro atoms. The summed E-state index contributed by atoms with van der Waals surface area (Å²) in [6.45, 7) is -0.650. The minimum Gasteiger partial charge on any atom is -0.502 e. The number of aromatic hydroxyl groups is 1. The van der Waals surface area contributed by atoms with E-state index in [-0.39, 0.29) is 17.0 Å². The van der Waals surface area contributed by atoms with Crippen molar-refractivity contribution in [2.75, 3.05) is 6.61 Å². The standard InChI is InChI=1S/C15H11N5O9/c21-14(8-29-13-4-2-1-3-11(13)19(25)26)17-16-7-9-5-10(18(23)24)6-12(15(9)22)20(27)28/h1-7,22H,8H2,(H,17,21)/b16-7-. The first kappa shape index (κ1) is 20.7. The molecule has 14 heteroatoms. The third kappa shape index (κ3) is 5.19. The van der Waals surface area contributed by atoms with E-state index in [1.165, 1.54) is 24.3 Å². The number of benzene rings is 2. The monoisotopic (exact) mass is 405 g/mol.